The van der Waals surface area contributed by atoms with Crippen molar-refractivity contribution >= 4 is 0 Å². The third-order valence-corrected chi connectivity index (χ3v) is 3.47. The third-order valence-electron chi connectivity index (χ3n) is 3.47. The van der Waals surface area contributed by atoms with Gasteiger partial charge in [0.2, 0.25) is 0 Å². The highest BCUT2D eigenvalue weighted by molar-refractivity contribution is 4.85. The van der Waals surface area contributed by atoms with Crippen molar-refractivity contribution in [1.82, 2.24) is 10.2 Å². The molecule has 1 unspecified atom stereocenters. The van der Waals surface area contributed by atoms with Crippen LogP contribution >= 0.6 is 0 Å². The molecule has 1 fully saturated rings. The lowest BCUT2D eigenvalue weighted by Gasteiger charge is -2.26. The van der Waals surface area contributed by atoms with Crippen LogP contribution in [0.3, 0.4) is 0 Å². The summed E-state index contributed by atoms with van der Waals surface area (Å²) >= 11 is 0. The molecule has 0 aromatic rings. The van der Waals surface area contributed by atoms with Gasteiger partial charge in [0, 0.05) is 32.8 Å². The fourth-order valence-corrected chi connectivity index (χ4v) is 2.31. The summed E-state index contributed by atoms with van der Waals surface area (Å²) in [6, 6.07) is 0.657. The molecule has 0 saturated carbocycles. The molecule has 1 saturated heterocycles. The molecule has 0 aliphatic carbocycles. The maximum atomic E-state index is 5.03. The predicted octanol–water partition coefficient (Wildman–Crippen LogP) is 1.73. The van der Waals surface area contributed by atoms with E-state index >= 15 is 0 Å². The van der Waals surface area contributed by atoms with Crippen molar-refractivity contribution in [2.75, 3.05) is 39.9 Å². The molecule has 1 rings (SSSR count). The minimum absolute atomic E-state index is 0.518. The first-order chi connectivity index (χ1) is 7.55. The molecule has 0 aromatic carbocycles. The normalized spacial score (nSPS) is 22.5. The van der Waals surface area contributed by atoms with E-state index < -0.39 is 0 Å². The van der Waals surface area contributed by atoms with Gasteiger partial charge in [-0.25, -0.2) is 0 Å². The molecule has 1 heterocycles. The van der Waals surface area contributed by atoms with E-state index in [1.165, 1.54) is 19.5 Å². The van der Waals surface area contributed by atoms with Crippen molar-refractivity contribution in [2.24, 2.45) is 5.41 Å². The summed E-state index contributed by atoms with van der Waals surface area (Å²) in [6.45, 7) is 12.6. The average Bonchev–Trinajstić information content (AvgIpc) is 2.58. The van der Waals surface area contributed by atoms with E-state index in [9.17, 15) is 0 Å². The lowest BCUT2D eigenvalue weighted by molar-refractivity contribution is 0.190. The Balaban J connectivity index is 2.09. The molecule has 3 heteroatoms. The molecular weight excluding hydrogens is 200 g/mol. The minimum atomic E-state index is 0.518. The van der Waals surface area contributed by atoms with E-state index in [0.29, 0.717) is 11.5 Å². The number of hydrogen-bond acceptors (Lipinski definition) is 3. The van der Waals surface area contributed by atoms with Gasteiger partial charge < -0.3 is 10.1 Å². The summed E-state index contributed by atoms with van der Waals surface area (Å²) in [6.07, 6.45) is 2.44. The molecule has 1 atom stereocenters. The zero-order valence-corrected chi connectivity index (χ0v) is 11.4. The number of likely N-dealkylation sites (tertiary alicyclic amines) is 1. The number of nitrogens with zero attached hydrogens (tertiary/aromatic N) is 1. The van der Waals surface area contributed by atoms with Crippen LogP contribution in [0, 0.1) is 5.41 Å². The summed E-state index contributed by atoms with van der Waals surface area (Å²) in [5.74, 6) is 0. The van der Waals surface area contributed by atoms with Gasteiger partial charge in [-0.3, -0.25) is 4.90 Å². The second-order valence-electron chi connectivity index (χ2n) is 5.78. The lowest BCUT2D eigenvalue weighted by Crippen LogP contribution is -2.40. The first-order valence-corrected chi connectivity index (χ1v) is 6.49. The summed E-state index contributed by atoms with van der Waals surface area (Å²) < 4.78 is 5.03. The molecule has 1 aliphatic rings. The highest BCUT2D eigenvalue weighted by atomic mass is 16.5. The van der Waals surface area contributed by atoms with Crippen molar-refractivity contribution in [3.63, 3.8) is 0 Å². The first kappa shape index (κ1) is 13.9. The van der Waals surface area contributed by atoms with E-state index in [4.69, 9.17) is 4.74 Å². The Hall–Kier alpha value is -0.120. The van der Waals surface area contributed by atoms with Crippen LogP contribution in [0.5, 0.6) is 0 Å². The summed E-state index contributed by atoms with van der Waals surface area (Å²) in [7, 11) is 1.76. The summed E-state index contributed by atoms with van der Waals surface area (Å²) in [5, 5.41) is 3.50. The summed E-state index contributed by atoms with van der Waals surface area (Å²) in [5.41, 5.74) is 0.518. The van der Waals surface area contributed by atoms with E-state index in [1.54, 1.807) is 7.11 Å². The van der Waals surface area contributed by atoms with E-state index in [1.807, 2.05) is 0 Å². The van der Waals surface area contributed by atoms with Crippen LogP contribution < -0.4 is 5.32 Å². The fourth-order valence-electron chi connectivity index (χ4n) is 2.31. The van der Waals surface area contributed by atoms with Gasteiger partial charge in [-0.05, 0) is 38.3 Å². The van der Waals surface area contributed by atoms with Gasteiger partial charge in [-0.1, -0.05) is 13.8 Å². The maximum Gasteiger partial charge on any atom is 0.0474 e. The molecule has 1 aliphatic heterocycles. The van der Waals surface area contributed by atoms with Crippen molar-refractivity contribution in [1.29, 1.82) is 0 Å². The molecule has 0 radical (unpaired) electrons. The van der Waals surface area contributed by atoms with Crippen molar-refractivity contribution in [2.45, 2.75) is 39.7 Å². The Bertz CT molecular complexity index is 194. The summed E-state index contributed by atoms with van der Waals surface area (Å²) in [4.78, 5) is 2.60. The maximum absolute atomic E-state index is 5.03. The zero-order chi connectivity index (χ0) is 12.0. The van der Waals surface area contributed by atoms with E-state index in [2.05, 4.69) is 31.0 Å². The SMILES string of the molecule is COCCCNCC(C)N1CCC(C)(C)C1. The standard InChI is InChI=1S/C13H28N2O/c1-12(10-14-7-5-9-16-4)15-8-6-13(2,3)11-15/h12,14H,5-11H2,1-4H3. The van der Waals surface area contributed by atoms with Crippen LogP contribution in [-0.2, 0) is 4.74 Å². The van der Waals surface area contributed by atoms with Crippen molar-refractivity contribution in [3.05, 3.63) is 0 Å². The van der Waals surface area contributed by atoms with Crippen LogP contribution in [0.15, 0.2) is 0 Å². The Morgan fingerprint density at radius 1 is 1.44 bits per heavy atom. The van der Waals surface area contributed by atoms with Gasteiger partial charge in [0.15, 0.2) is 0 Å². The smallest absolute Gasteiger partial charge is 0.0474 e. The number of nitrogens with one attached hydrogen (secondary N) is 1. The number of rotatable bonds is 7. The highest BCUT2D eigenvalue weighted by Gasteiger charge is 2.31. The topological polar surface area (TPSA) is 24.5 Å². The molecule has 0 amide bonds. The van der Waals surface area contributed by atoms with Gasteiger partial charge in [0.05, 0.1) is 0 Å². The molecule has 1 N–H and O–H groups in total. The van der Waals surface area contributed by atoms with Crippen molar-refractivity contribution < 1.29 is 4.74 Å². The molecule has 0 spiro atoms. The van der Waals surface area contributed by atoms with Gasteiger partial charge >= 0.3 is 0 Å². The number of hydrogen-bond donors (Lipinski definition) is 1. The largest absolute Gasteiger partial charge is 0.385 e. The Morgan fingerprint density at radius 2 is 2.19 bits per heavy atom. The van der Waals surface area contributed by atoms with Crippen molar-refractivity contribution in [3.8, 4) is 0 Å². The molecule has 0 bridgehead atoms. The third kappa shape index (κ3) is 4.81. The highest BCUT2D eigenvalue weighted by Crippen LogP contribution is 2.29. The van der Waals surface area contributed by atoms with Crippen LogP contribution in [-0.4, -0.2) is 50.8 Å². The Labute approximate surface area is 101 Å². The quantitative estimate of drug-likeness (QED) is 0.672. The second kappa shape index (κ2) is 6.58. The van der Waals surface area contributed by atoms with Crippen LogP contribution in [0.4, 0.5) is 0 Å². The van der Waals surface area contributed by atoms with E-state index in [-0.39, 0.29) is 0 Å². The second-order valence-corrected chi connectivity index (χ2v) is 5.78. The van der Waals surface area contributed by atoms with E-state index in [0.717, 1.165) is 26.1 Å². The van der Waals surface area contributed by atoms with Crippen LogP contribution in [0.1, 0.15) is 33.6 Å². The first-order valence-electron chi connectivity index (χ1n) is 6.49. The zero-order valence-electron chi connectivity index (χ0n) is 11.4. The molecule has 0 aromatic heterocycles. The number of ether oxygens (including phenoxy) is 1. The Morgan fingerprint density at radius 3 is 2.75 bits per heavy atom. The molecule has 16 heavy (non-hydrogen) atoms. The monoisotopic (exact) mass is 228 g/mol. The van der Waals surface area contributed by atoms with Gasteiger partial charge in [-0.2, -0.15) is 0 Å². The van der Waals surface area contributed by atoms with Gasteiger partial charge in [0.1, 0.15) is 0 Å². The van der Waals surface area contributed by atoms with Crippen LogP contribution in [0.25, 0.3) is 0 Å². The lowest BCUT2D eigenvalue weighted by atomic mass is 9.93. The molecular formula is C13H28N2O. The Kier molecular flexibility index (Phi) is 5.73. The predicted molar refractivity (Wildman–Crippen MR) is 68.8 cm³/mol. The van der Waals surface area contributed by atoms with Crippen LogP contribution in [0.2, 0.25) is 0 Å². The molecule has 96 valence electrons. The fraction of sp³-hybridized carbons (Fsp3) is 1.00. The van der Waals surface area contributed by atoms with Gasteiger partial charge in [0.25, 0.3) is 0 Å². The average molecular weight is 228 g/mol. The molecule has 3 nitrogen and oxygen atoms in total. The van der Waals surface area contributed by atoms with Gasteiger partial charge in [-0.15, -0.1) is 0 Å². The number of methoxy groups -OCH3 is 1. The minimum Gasteiger partial charge on any atom is -0.385 e.